The molecule has 0 atom stereocenters. The molecule has 8 heteroatoms. The summed E-state index contributed by atoms with van der Waals surface area (Å²) in [5.41, 5.74) is 0.241. The Labute approximate surface area is 137 Å². The van der Waals surface area contributed by atoms with Crippen molar-refractivity contribution in [3.8, 4) is 0 Å². The minimum absolute atomic E-state index is 0.0946. The maximum atomic E-state index is 12.2. The van der Waals surface area contributed by atoms with Gasteiger partial charge in [-0.1, -0.05) is 39.1 Å². The Morgan fingerprint density at radius 3 is 2.35 bits per heavy atom. The second kappa shape index (κ2) is 6.83. The van der Waals surface area contributed by atoms with Crippen LogP contribution in [-0.2, 0) is 10.0 Å². The molecule has 20 heavy (non-hydrogen) atoms. The molecule has 0 radical (unpaired) electrons. The predicted molar refractivity (Wildman–Crippen MR) is 87.2 cm³/mol. The first-order valence-corrected chi connectivity index (χ1v) is 9.43. The Hall–Kier alpha value is -0.0100. The molecule has 0 aliphatic carbocycles. The van der Waals surface area contributed by atoms with E-state index < -0.39 is 10.0 Å². The first kappa shape index (κ1) is 16.4. The summed E-state index contributed by atoms with van der Waals surface area (Å²) in [6.07, 6.45) is 1.73. The number of hydrogen-bond acceptors (Lipinski definition) is 3. The molecule has 0 bridgehead atoms. The van der Waals surface area contributed by atoms with Crippen LogP contribution in [-0.4, -0.2) is 27.3 Å². The van der Waals surface area contributed by atoms with E-state index in [0.717, 1.165) is 25.9 Å². The SMILES string of the molecule is O=S(=O)(CC1CCNCC1)Nc1c(Cl)cc(Br)cc1Cl. The summed E-state index contributed by atoms with van der Waals surface area (Å²) >= 11 is 15.3. The van der Waals surface area contributed by atoms with Crippen molar-refractivity contribution in [1.82, 2.24) is 5.32 Å². The Balaban J connectivity index is 2.11. The lowest BCUT2D eigenvalue weighted by Gasteiger charge is -2.22. The van der Waals surface area contributed by atoms with Crippen LogP contribution in [0.5, 0.6) is 0 Å². The molecule has 1 aromatic rings. The fraction of sp³-hybridized carbons (Fsp3) is 0.500. The van der Waals surface area contributed by atoms with Gasteiger partial charge in [0.1, 0.15) is 0 Å². The van der Waals surface area contributed by atoms with Gasteiger partial charge < -0.3 is 5.32 Å². The minimum atomic E-state index is -3.45. The number of benzene rings is 1. The number of rotatable bonds is 4. The molecule has 1 saturated heterocycles. The Kier molecular flexibility index (Phi) is 5.59. The number of sulfonamides is 1. The average molecular weight is 402 g/mol. The largest absolute Gasteiger partial charge is 0.317 e. The summed E-state index contributed by atoms with van der Waals surface area (Å²) < 4.78 is 27.6. The molecule has 4 nitrogen and oxygen atoms in total. The number of piperidine rings is 1. The molecule has 0 saturated carbocycles. The molecule has 0 unspecified atom stereocenters. The summed E-state index contributed by atoms with van der Waals surface area (Å²) in [4.78, 5) is 0. The van der Waals surface area contributed by atoms with Crippen LogP contribution in [0.4, 0.5) is 5.69 Å². The zero-order valence-electron chi connectivity index (χ0n) is 10.6. The van der Waals surface area contributed by atoms with Crippen LogP contribution in [0, 0.1) is 5.92 Å². The van der Waals surface area contributed by atoms with Gasteiger partial charge in [-0.05, 0) is 44.0 Å². The third-order valence-corrected chi connectivity index (χ3v) is 5.66. The first-order valence-electron chi connectivity index (χ1n) is 6.23. The van der Waals surface area contributed by atoms with Gasteiger partial charge in [-0.15, -0.1) is 0 Å². The van der Waals surface area contributed by atoms with E-state index in [0.29, 0.717) is 4.47 Å². The number of halogens is 3. The number of nitrogens with one attached hydrogen (secondary N) is 2. The van der Waals surface area contributed by atoms with Crippen molar-refractivity contribution in [3.05, 3.63) is 26.7 Å². The first-order chi connectivity index (χ1) is 9.37. The van der Waals surface area contributed by atoms with Crippen LogP contribution in [0.2, 0.25) is 10.0 Å². The highest BCUT2D eigenvalue weighted by Crippen LogP contribution is 2.34. The maximum absolute atomic E-state index is 12.2. The molecule has 0 amide bonds. The van der Waals surface area contributed by atoms with Crippen molar-refractivity contribution in [2.24, 2.45) is 5.92 Å². The number of anilines is 1. The highest BCUT2D eigenvalue weighted by atomic mass is 79.9. The fourth-order valence-corrected chi connectivity index (χ4v) is 5.18. The predicted octanol–water partition coefficient (Wildman–Crippen LogP) is 3.50. The Morgan fingerprint density at radius 2 is 1.80 bits per heavy atom. The van der Waals surface area contributed by atoms with E-state index in [1.807, 2.05) is 0 Å². The maximum Gasteiger partial charge on any atom is 0.233 e. The summed E-state index contributed by atoms with van der Waals surface area (Å²) in [5.74, 6) is 0.263. The van der Waals surface area contributed by atoms with Crippen molar-refractivity contribution in [2.45, 2.75) is 12.8 Å². The second-order valence-corrected chi connectivity index (χ2v) is 8.32. The summed E-state index contributed by atoms with van der Waals surface area (Å²) in [5, 5.41) is 3.76. The lowest BCUT2D eigenvalue weighted by atomic mass is 10.0. The van der Waals surface area contributed by atoms with Crippen molar-refractivity contribution in [2.75, 3.05) is 23.6 Å². The molecule has 1 aliphatic rings. The zero-order chi connectivity index (χ0) is 14.8. The van der Waals surface area contributed by atoms with Gasteiger partial charge in [0, 0.05) is 4.47 Å². The van der Waals surface area contributed by atoms with E-state index in [4.69, 9.17) is 23.2 Å². The van der Waals surface area contributed by atoms with Gasteiger partial charge in [-0.25, -0.2) is 8.42 Å². The molecule has 1 fully saturated rings. The van der Waals surface area contributed by atoms with Gasteiger partial charge in [-0.3, -0.25) is 4.72 Å². The molecule has 0 aromatic heterocycles. The van der Waals surface area contributed by atoms with Crippen LogP contribution in [0.25, 0.3) is 0 Å². The lowest BCUT2D eigenvalue weighted by Crippen LogP contribution is -2.33. The van der Waals surface area contributed by atoms with Crippen LogP contribution in [0.3, 0.4) is 0 Å². The summed E-state index contributed by atoms with van der Waals surface area (Å²) in [7, 11) is -3.45. The Bertz CT molecular complexity index is 566. The highest BCUT2D eigenvalue weighted by molar-refractivity contribution is 9.10. The smallest absolute Gasteiger partial charge is 0.233 e. The van der Waals surface area contributed by atoms with Crippen molar-refractivity contribution in [3.63, 3.8) is 0 Å². The molecule has 0 spiro atoms. The van der Waals surface area contributed by atoms with Gasteiger partial charge in [0.2, 0.25) is 10.0 Å². The Morgan fingerprint density at radius 1 is 1.25 bits per heavy atom. The summed E-state index contributed by atoms with van der Waals surface area (Å²) in [6, 6.07) is 3.21. The zero-order valence-corrected chi connectivity index (χ0v) is 14.5. The fourth-order valence-electron chi connectivity index (χ4n) is 2.20. The normalized spacial score (nSPS) is 17.1. The molecular formula is C12H15BrCl2N2O2S. The molecule has 1 aliphatic heterocycles. The quantitative estimate of drug-likeness (QED) is 0.811. The van der Waals surface area contributed by atoms with E-state index in [2.05, 4.69) is 26.0 Å². The van der Waals surface area contributed by atoms with Gasteiger partial charge in [0.15, 0.2) is 0 Å². The molecular weight excluding hydrogens is 387 g/mol. The van der Waals surface area contributed by atoms with Crippen molar-refractivity contribution >= 4 is 54.8 Å². The van der Waals surface area contributed by atoms with Crippen molar-refractivity contribution in [1.29, 1.82) is 0 Å². The number of hydrogen-bond donors (Lipinski definition) is 2. The van der Waals surface area contributed by atoms with Crippen molar-refractivity contribution < 1.29 is 8.42 Å². The van der Waals surface area contributed by atoms with Crippen LogP contribution < -0.4 is 10.0 Å². The monoisotopic (exact) mass is 400 g/mol. The van der Waals surface area contributed by atoms with E-state index in [1.54, 1.807) is 12.1 Å². The van der Waals surface area contributed by atoms with Crippen LogP contribution in [0.15, 0.2) is 16.6 Å². The topological polar surface area (TPSA) is 58.2 Å². The molecule has 2 rings (SSSR count). The molecule has 112 valence electrons. The average Bonchev–Trinajstić information content (AvgIpc) is 2.34. The van der Waals surface area contributed by atoms with Gasteiger partial charge in [0.25, 0.3) is 0 Å². The van der Waals surface area contributed by atoms with Gasteiger partial charge in [0.05, 0.1) is 21.5 Å². The van der Waals surface area contributed by atoms with E-state index >= 15 is 0 Å². The summed E-state index contributed by atoms with van der Waals surface area (Å²) in [6.45, 7) is 1.72. The second-order valence-electron chi connectivity index (χ2n) is 4.82. The molecule has 2 N–H and O–H groups in total. The standard InChI is InChI=1S/C12H15BrCl2N2O2S/c13-9-5-10(14)12(11(15)6-9)17-20(18,19)7-8-1-3-16-4-2-8/h5-6,8,16-17H,1-4,7H2. The van der Waals surface area contributed by atoms with E-state index in [9.17, 15) is 8.42 Å². The van der Waals surface area contributed by atoms with Crippen LogP contribution in [0.1, 0.15) is 12.8 Å². The highest BCUT2D eigenvalue weighted by Gasteiger charge is 2.22. The molecule has 1 heterocycles. The van der Waals surface area contributed by atoms with E-state index in [1.165, 1.54) is 0 Å². The van der Waals surface area contributed by atoms with Gasteiger partial charge in [-0.2, -0.15) is 0 Å². The van der Waals surface area contributed by atoms with Crippen LogP contribution >= 0.6 is 39.1 Å². The van der Waals surface area contributed by atoms with E-state index in [-0.39, 0.29) is 27.4 Å². The third kappa shape index (κ3) is 4.49. The third-order valence-electron chi connectivity index (χ3n) is 3.18. The molecule has 1 aromatic carbocycles. The van der Waals surface area contributed by atoms with Gasteiger partial charge >= 0.3 is 0 Å². The lowest BCUT2D eigenvalue weighted by molar-refractivity contribution is 0.402. The minimum Gasteiger partial charge on any atom is -0.317 e.